The van der Waals surface area contributed by atoms with Gasteiger partial charge in [-0.05, 0) is 129 Å². The largest absolute Gasteiger partial charge is 0.322 e. The second-order valence-electron chi connectivity index (χ2n) is 18.1. The average Bonchev–Trinajstić information content (AvgIpc) is 3.97. The number of hydrogen-bond acceptors (Lipinski definition) is 4. The first-order valence-electron chi connectivity index (χ1n) is 23.9. The molecule has 0 bridgehead atoms. The van der Waals surface area contributed by atoms with Crippen LogP contribution in [0.2, 0.25) is 0 Å². The SMILES string of the molecule is CCCCCCCCCCCCc1ccc(NC(=O)C2=CC3=C4CCCC4=C4C=C(C(=O)Nc5ccc(CCCCCCCCCCCC)cc5)SC4(C)C3(C)S2)cc1. The zero-order valence-corrected chi connectivity index (χ0v) is 38.7. The molecule has 2 atom stereocenters. The number of thioether (sulfide) groups is 2. The van der Waals surface area contributed by atoms with E-state index in [4.69, 9.17) is 0 Å². The van der Waals surface area contributed by atoms with Crippen molar-refractivity contribution in [2.24, 2.45) is 0 Å². The van der Waals surface area contributed by atoms with E-state index < -0.39 is 0 Å². The Bertz CT molecular complexity index is 1700. The van der Waals surface area contributed by atoms with Crippen molar-refractivity contribution in [2.75, 3.05) is 10.6 Å². The van der Waals surface area contributed by atoms with Crippen LogP contribution in [0.1, 0.15) is 187 Å². The Morgan fingerprint density at radius 2 is 0.814 bits per heavy atom. The van der Waals surface area contributed by atoms with Gasteiger partial charge in [-0.3, -0.25) is 9.59 Å². The summed E-state index contributed by atoms with van der Waals surface area (Å²) in [5.41, 5.74) is 9.70. The van der Waals surface area contributed by atoms with Gasteiger partial charge in [0, 0.05) is 11.4 Å². The summed E-state index contributed by atoms with van der Waals surface area (Å²) in [4.78, 5) is 29.3. The molecule has 2 heterocycles. The molecule has 2 amide bonds. The first-order chi connectivity index (χ1) is 28.8. The summed E-state index contributed by atoms with van der Waals surface area (Å²) in [5, 5.41) is 6.43. The highest BCUT2D eigenvalue weighted by atomic mass is 32.2. The Balaban J connectivity index is 0.974. The Hall–Kier alpha value is -2.96. The number of amides is 2. The molecule has 2 aliphatic carbocycles. The van der Waals surface area contributed by atoms with Crippen LogP contribution in [0.15, 0.2) is 92.8 Å². The number of allylic oxidation sites excluding steroid dienone is 4. The molecule has 320 valence electrons. The monoisotopic (exact) mass is 835 g/mol. The van der Waals surface area contributed by atoms with Crippen LogP contribution < -0.4 is 10.6 Å². The van der Waals surface area contributed by atoms with Crippen molar-refractivity contribution in [3.63, 3.8) is 0 Å². The summed E-state index contributed by atoms with van der Waals surface area (Å²) in [7, 11) is 0. The van der Waals surface area contributed by atoms with Crippen LogP contribution in [-0.2, 0) is 22.4 Å². The number of fused-ring (bicyclic) bond motifs is 4. The number of hydrogen-bond donors (Lipinski definition) is 2. The van der Waals surface area contributed by atoms with Crippen molar-refractivity contribution < 1.29 is 9.59 Å². The Morgan fingerprint density at radius 1 is 0.492 bits per heavy atom. The van der Waals surface area contributed by atoms with E-state index in [1.54, 1.807) is 23.5 Å². The lowest BCUT2D eigenvalue weighted by molar-refractivity contribution is -0.113. The average molecular weight is 835 g/mol. The van der Waals surface area contributed by atoms with E-state index in [0.29, 0.717) is 0 Å². The molecule has 1 fully saturated rings. The van der Waals surface area contributed by atoms with Crippen LogP contribution in [0, 0.1) is 0 Å². The van der Waals surface area contributed by atoms with Crippen LogP contribution in [0.5, 0.6) is 0 Å². The number of unbranched alkanes of at least 4 members (excludes halogenated alkanes) is 18. The lowest BCUT2D eigenvalue weighted by Gasteiger charge is -2.46. The van der Waals surface area contributed by atoms with E-state index in [9.17, 15) is 9.59 Å². The number of carbonyl (C=O) groups excluding carboxylic acids is 2. The number of anilines is 2. The lowest BCUT2D eigenvalue weighted by atomic mass is 9.72. The molecule has 0 saturated heterocycles. The van der Waals surface area contributed by atoms with Crippen molar-refractivity contribution in [3.8, 4) is 0 Å². The highest BCUT2D eigenvalue weighted by molar-refractivity contribution is 8.10. The molecule has 6 rings (SSSR count). The summed E-state index contributed by atoms with van der Waals surface area (Å²) in [6.45, 7) is 9.15. The molecule has 0 radical (unpaired) electrons. The van der Waals surface area contributed by atoms with E-state index in [1.165, 1.54) is 162 Å². The van der Waals surface area contributed by atoms with Gasteiger partial charge in [0.2, 0.25) is 0 Å². The van der Waals surface area contributed by atoms with Crippen molar-refractivity contribution in [1.82, 2.24) is 0 Å². The van der Waals surface area contributed by atoms with Crippen LogP contribution in [0.3, 0.4) is 0 Å². The summed E-state index contributed by atoms with van der Waals surface area (Å²) < 4.78 is -0.729. The minimum absolute atomic E-state index is 0.0450. The van der Waals surface area contributed by atoms with E-state index in [-0.39, 0.29) is 21.3 Å². The molecule has 0 aromatic heterocycles. The third kappa shape index (κ3) is 11.9. The molecule has 2 aromatic carbocycles. The standard InChI is InChI=1S/C53H74N2O2S2/c1-5-7-9-11-13-15-17-19-21-23-26-40-30-34-42(35-31-40)54-50(56)48-38-46-44-28-25-29-45(44)47-39-49(59-53(47,4)52(46,3)58-48)51(57)55-43-36-32-41(33-37-43)27-24-22-20-18-16-14-12-10-8-6-2/h30-39H,5-29H2,1-4H3,(H,54,56)(H,55,57). The third-order valence-electron chi connectivity index (χ3n) is 13.5. The molecule has 2 aliphatic heterocycles. The summed E-state index contributed by atoms with van der Waals surface area (Å²) >= 11 is 3.36. The summed E-state index contributed by atoms with van der Waals surface area (Å²) in [5.74, 6) is -0.0900. The second-order valence-corrected chi connectivity index (χ2v) is 21.0. The van der Waals surface area contributed by atoms with E-state index >= 15 is 0 Å². The van der Waals surface area contributed by atoms with Gasteiger partial charge in [-0.1, -0.05) is 154 Å². The van der Waals surface area contributed by atoms with Gasteiger partial charge in [0.05, 0.1) is 19.3 Å². The molecule has 4 aliphatic rings. The van der Waals surface area contributed by atoms with E-state index in [0.717, 1.165) is 53.3 Å². The molecular weight excluding hydrogens is 761 g/mol. The van der Waals surface area contributed by atoms with Gasteiger partial charge in [0.15, 0.2) is 0 Å². The van der Waals surface area contributed by atoms with Crippen LogP contribution >= 0.6 is 23.5 Å². The zero-order chi connectivity index (χ0) is 41.5. The Kier molecular flexibility index (Phi) is 17.6. The molecule has 1 saturated carbocycles. The maximum absolute atomic E-state index is 13.9. The first-order valence-corrected chi connectivity index (χ1v) is 25.5. The normalized spacial score (nSPS) is 20.7. The summed E-state index contributed by atoms with van der Waals surface area (Å²) in [6.07, 6.45) is 36.6. The summed E-state index contributed by atoms with van der Waals surface area (Å²) in [6, 6.07) is 16.9. The molecule has 4 nitrogen and oxygen atoms in total. The molecule has 6 heteroatoms. The van der Waals surface area contributed by atoms with Crippen molar-refractivity contribution in [2.45, 2.75) is 198 Å². The quantitative estimate of drug-likeness (QED) is 0.0927. The maximum Gasteiger partial charge on any atom is 0.262 e. The molecule has 2 unspecified atom stereocenters. The van der Waals surface area contributed by atoms with Gasteiger partial charge in [-0.25, -0.2) is 0 Å². The van der Waals surface area contributed by atoms with Crippen LogP contribution in [0.4, 0.5) is 11.4 Å². The van der Waals surface area contributed by atoms with Gasteiger partial charge >= 0.3 is 0 Å². The highest BCUT2D eigenvalue weighted by Crippen LogP contribution is 2.68. The molecular formula is C53H74N2O2S2. The van der Waals surface area contributed by atoms with Gasteiger partial charge in [0.25, 0.3) is 11.8 Å². The topological polar surface area (TPSA) is 58.2 Å². The van der Waals surface area contributed by atoms with Crippen LogP contribution in [0.25, 0.3) is 0 Å². The fourth-order valence-corrected chi connectivity index (χ4v) is 12.7. The van der Waals surface area contributed by atoms with Crippen molar-refractivity contribution in [3.05, 3.63) is 104 Å². The highest BCUT2D eigenvalue weighted by Gasteiger charge is 2.60. The first kappa shape index (κ1) is 45.6. The second kappa shape index (κ2) is 22.8. The Labute approximate surface area is 366 Å². The van der Waals surface area contributed by atoms with Gasteiger partial charge in [0.1, 0.15) is 0 Å². The van der Waals surface area contributed by atoms with Gasteiger partial charge in [-0.15, -0.1) is 23.5 Å². The number of benzene rings is 2. The predicted octanol–water partition coefficient (Wildman–Crippen LogP) is 15.8. The molecule has 0 spiro atoms. The molecule has 59 heavy (non-hydrogen) atoms. The predicted molar refractivity (Wildman–Crippen MR) is 257 cm³/mol. The van der Waals surface area contributed by atoms with Crippen molar-refractivity contribution in [1.29, 1.82) is 0 Å². The van der Waals surface area contributed by atoms with Gasteiger partial charge in [-0.2, -0.15) is 0 Å². The number of aryl methyl sites for hydroxylation is 2. The number of carbonyl (C=O) groups is 2. The molecule has 2 N–H and O–H groups in total. The van der Waals surface area contributed by atoms with E-state index in [1.807, 2.05) is 0 Å². The molecule has 2 aromatic rings. The van der Waals surface area contributed by atoms with E-state index in [2.05, 4.69) is 99.0 Å². The maximum atomic E-state index is 13.9. The number of rotatable bonds is 26. The third-order valence-corrected chi connectivity index (χ3v) is 16.7. The fraction of sp³-hybridized carbons (Fsp3) is 0.585. The van der Waals surface area contributed by atoms with Gasteiger partial charge < -0.3 is 10.6 Å². The lowest BCUT2D eigenvalue weighted by Crippen LogP contribution is -2.47. The minimum Gasteiger partial charge on any atom is -0.322 e. The number of nitrogens with one attached hydrogen (secondary N) is 2. The van der Waals surface area contributed by atoms with Crippen molar-refractivity contribution >= 4 is 46.7 Å². The smallest absolute Gasteiger partial charge is 0.262 e. The minimum atomic E-state index is -0.365. The fourth-order valence-electron chi connectivity index (χ4n) is 9.70. The Morgan fingerprint density at radius 3 is 1.15 bits per heavy atom. The zero-order valence-electron chi connectivity index (χ0n) is 37.1. The van der Waals surface area contributed by atoms with Crippen LogP contribution in [-0.4, -0.2) is 21.3 Å².